The fourth-order valence-electron chi connectivity index (χ4n) is 9.22. The van der Waals surface area contributed by atoms with Crippen LogP contribution in [0.2, 0.25) is 0 Å². The topological polar surface area (TPSA) is 223 Å². The zero-order valence-corrected chi connectivity index (χ0v) is 53.3. The van der Waals surface area contributed by atoms with Crippen molar-refractivity contribution in [2.75, 3.05) is 80.8 Å². The molecule has 6 rings (SSSR count). The summed E-state index contributed by atoms with van der Waals surface area (Å²) in [6.07, 6.45) is 0. The molecule has 76 heavy (non-hydrogen) atoms. The van der Waals surface area contributed by atoms with Gasteiger partial charge in [0.1, 0.15) is 59.1 Å². The largest absolute Gasteiger partial charge is 2.00 e. The van der Waals surface area contributed by atoms with Gasteiger partial charge < -0.3 is 96.8 Å². The molecule has 2 heterocycles. The van der Waals surface area contributed by atoms with Gasteiger partial charge in [-0.3, -0.25) is 0 Å². The van der Waals surface area contributed by atoms with Crippen LogP contribution in [0.4, 0.5) is 0 Å². The summed E-state index contributed by atoms with van der Waals surface area (Å²) in [5.41, 5.74) is 6.65. The number of methoxy groups -OCH3 is 4. The maximum absolute atomic E-state index is 11.0. The molecule has 4 aromatic rings. The summed E-state index contributed by atoms with van der Waals surface area (Å²) in [6, 6.07) is 15.2. The maximum Gasteiger partial charge on any atom is 2.00 e. The molecule has 2 aliphatic heterocycles. The number of ether oxygens (including phenoxy) is 4. The Morgan fingerprint density at radius 3 is 0.737 bits per heavy atom. The minimum Gasteiger partial charge on any atom is -0.507 e. The number of fused-ring (bicyclic) bond motifs is 8. The second kappa shape index (κ2) is 32.4. The molecule has 0 aliphatic carbocycles. The van der Waals surface area contributed by atoms with E-state index in [1.165, 1.54) is 0 Å². The van der Waals surface area contributed by atoms with E-state index in [-0.39, 0.29) is 79.0 Å². The van der Waals surface area contributed by atoms with Crippen molar-refractivity contribution in [1.82, 2.24) is 31.9 Å². The predicted molar refractivity (Wildman–Crippen MR) is 304 cm³/mol. The van der Waals surface area contributed by atoms with Gasteiger partial charge in [0.2, 0.25) is 0 Å². The van der Waals surface area contributed by atoms with Gasteiger partial charge in [0, 0.05) is 131 Å². The molecule has 4 aromatic carbocycles. The predicted octanol–water partition coefficient (Wildman–Crippen LogP) is 4.94. The third-order valence-electron chi connectivity index (χ3n) is 13.5. The Bertz CT molecular complexity index is 1930. The average Bonchev–Trinajstić information content (AvgIpc) is 3.32. The Morgan fingerprint density at radius 2 is 0.539 bits per heavy atom. The van der Waals surface area contributed by atoms with Crippen LogP contribution < -0.4 is 61.5 Å². The molecule has 0 radical (unpaired) electrons. The van der Waals surface area contributed by atoms with Crippen LogP contribution in [0.25, 0.3) is 0 Å². The SMILES string of the molecule is COc1cc2c(O)c(c1)CNCC(C)(C)CNCc1cc(OC)cc(c1O)CNCC(C)(C)CNC2.COc1cc2c(O)c(c1)C[NH2+]CC(C)(C)C[NH2+]Cc1cc(OC)cc(c1O)CNCC(C)(C)CNC2.[CH3-].[CH3-].[Mg+2].[Zn]. The number of hydrogen-bond donors (Lipinski definition) is 12. The van der Waals surface area contributed by atoms with Gasteiger partial charge in [-0.25, -0.2) is 0 Å². The van der Waals surface area contributed by atoms with Gasteiger partial charge >= 0.3 is 23.1 Å². The molecule has 0 unspecified atom stereocenters. The Hall–Kier alpha value is -3.65. The van der Waals surface area contributed by atoms with Crippen LogP contribution >= 0.6 is 0 Å². The molecular formula is C58H96MgN8O8Zn+2. The van der Waals surface area contributed by atoms with Gasteiger partial charge in [0.25, 0.3) is 0 Å². The van der Waals surface area contributed by atoms with Crippen molar-refractivity contribution in [2.24, 2.45) is 21.7 Å². The van der Waals surface area contributed by atoms with Crippen LogP contribution in [-0.4, -0.2) is 124 Å². The Morgan fingerprint density at radius 1 is 0.355 bits per heavy atom. The Kier molecular flexibility index (Phi) is 30.0. The van der Waals surface area contributed by atoms with Crippen LogP contribution in [0, 0.1) is 36.5 Å². The molecule has 14 N–H and O–H groups in total. The first kappa shape index (κ1) is 70.4. The molecule has 0 amide bonds. The molecule has 0 saturated heterocycles. The van der Waals surface area contributed by atoms with Crippen molar-refractivity contribution in [2.45, 2.75) is 108 Å². The molecule has 0 aromatic heterocycles. The summed E-state index contributed by atoms with van der Waals surface area (Å²) in [7, 11) is 6.63. The number of quaternary nitrogens is 2. The van der Waals surface area contributed by atoms with Crippen molar-refractivity contribution >= 4 is 23.1 Å². The van der Waals surface area contributed by atoms with Crippen molar-refractivity contribution in [3.05, 3.63) is 108 Å². The molecule has 16 nitrogen and oxygen atoms in total. The molecule has 18 heteroatoms. The standard InChI is InChI=1S/2C28H44N4O4.2CH3.Mg.Zn/c2*1-27(2)15-29-11-19-7-23(35-5)9-21(25(19)33)13-31-17-28(3,4)18-32-14-22-10-24(36-6)8-20(26(22)34)12-30-16-27;;;;/h2*7-10,29-34H,11-18H2,1-6H3;2*1H3;;/q;;2*-1;+2;/p+2. The molecule has 0 saturated carbocycles. The zero-order chi connectivity index (χ0) is 52.7. The number of rotatable bonds is 4. The second-order valence-corrected chi connectivity index (χ2v) is 22.8. The van der Waals surface area contributed by atoms with E-state index >= 15 is 0 Å². The minimum atomic E-state index is -0.0514. The van der Waals surface area contributed by atoms with Gasteiger partial charge in [-0.2, -0.15) is 0 Å². The normalized spacial score (nSPS) is 18.3. The third kappa shape index (κ3) is 21.9. The smallest absolute Gasteiger partial charge is 0.507 e. The monoisotopic (exact) mass is 1120 g/mol. The maximum atomic E-state index is 11.0. The van der Waals surface area contributed by atoms with Crippen LogP contribution in [-0.2, 0) is 71.8 Å². The van der Waals surface area contributed by atoms with E-state index < -0.39 is 0 Å². The fraction of sp³-hybridized carbons (Fsp3) is 0.552. The van der Waals surface area contributed by atoms with Crippen molar-refractivity contribution in [1.29, 1.82) is 0 Å². The number of nitrogens with one attached hydrogen (secondary N) is 6. The van der Waals surface area contributed by atoms with E-state index in [0.717, 1.165) is 120 Å². The van der Waals surface area contributed by atoms with Crippen molar-refractivity contribution < 1.29 is 69.5 Å². The fourth-order valence-corrected chi connectivity index (χ4v) is 9.22. The van der Waals surface area contributed by atoms with Crippen LogP contribution in [0.3, 0.4) is 0 Å². The number of phenolic OH excluding ortho intramolecular Hbond substituents is 4. The number of phenols is 4. The summed E-state index contributed by atoms with van der Waals surface area (Å²) < 4.78 is 22.0. The Labute approximate surface area is 485 Å². The summed E-state index contributed by atoms with van der Waals surface area (Å²) in [4.78, 5) is 0. The number of hydrogen-bond acceptors (Lipinski definition) is 14. The first-order valence-corrected chi connectivity index (χ1v) is 25.5. The molecule has 0 spiro atoms. The van der Waals surface area contributed by atoms with Crippen LogP contribution in [0.1, 0.15) is 99.9 Å². The van der Waals surface area contributed by atoms with Crippen molar-refractivity contribution in [3.63, 3.8) is 0 Å². The van der Waals surface area contributed by atoms with Crippen molar-refractivity contribution in [3.8, 4) is 46.0 Å². The minimum absolute atomic E-state index is 0. The van der Waals surface area contributed by atoms with E-state index in [0.29, 0.717) is 75.4 Å². The van der Waals surface area contributed by atoms with E-state index in [1.807, 2.05) is 48.5 Å². The Balaban J connectivity index is 0.000000722. The number of nitrogens with two attached hydrogens (primary N) is 2. The second-order valence-electron chi connectivity index (χ2n) is 22.8. The van der Waals surface area contributed by atoms with E-state index in [9.17, 15) is 20.4 Å². The van der Waals surface area contributed by atoms with Gasteiger partial charge in [-0.05, 0) is 78.6 Å². The zero-order valence-electron chi connectivity index (χ0n) is 48.9. The third-order valence-corrected chi connectivity index (χ3v) is 13.5. The summed E-state index contributed by atoms with van der Waals surface area (Å²) in [6.45, 7) is 28.5. The molecular weight excluding hydrogens is 1030 g/mol. The van der Waals surface area contributed by atoms with E-state index in [2.05, 4.69) is 97.9 Å². The first-order chi connectivity index (χ1) is 34.1. The quantitative estimate of drug-likeness (QED) is 0.0962. The average molecular weight is 1120 g/mol. The van der Waals surface area contributed by atoms with Gasteiger partial charge in [-0.15, -0.1) is 0 Å². The summed E-state index contributed by atoms with van der Waals surface area (Å²) in [5.74, 6) is 4.30. The summed E-state index contributed by atoms with van der Waals surface area (Å²) in [5, 5.41) is 69.3. The molecule has 418 valence electrons. The summed E-state index contributed by atoms with van der Waals surface area (Å²) >= 11 is 0. The first-order valence-electron chi connectivity index (χ1n) is 25.5. The van der Waals surface area contributed by atoms with Crippen LogP contribution in [0.15, 0.2) is 48.5 Å². The van der Waals surface area contributed by atoms with Crippen LogP contribution in [0.5, 0.6) is 46.0 Å². The van der Waals surface area contributed by atoms with Gasteiger partial charge in [0.15, 0.2) is 0 Å². The molecule has 8 bridgehead atoms. The molecule has 0 atom stereocenters. The molecule has 0 fully saturated rings. The van der Waals surface area contributed by atoms with Gasteiger partial charge in [0.05, 0.1) is 58.1 Å². The molecule has 2 aliphatic rings. The van der Waals surface area contributed by atoms with E-state index in [1.54, 1.807) is 28.4 Å². The van der Waals surface area contributed by atoms with Gasteiger partial charge in [-0.1, -0.05) is 41.5 Å². The number of benzene rings is 4. The van der Waals surface area contributed by atoms with E-state index in [4.69, 9.17) is 18.9 Å². The number of aromatic hydroxyl groups is 4.